The molecule has 2 aliphatic rings. The Kier molecular flexibility index (Phi) is 3.19. The monoisotopic (exact) mass is 284 g/mol. The zero-order valence-electron chi connectivity index (χ0n) is 11.3. The van der Waals surface area contributed by atoms with Crippen LogP contribution >= 0.6 is 0 Å². The highest BCUT2D eigenvalue weighted by Crippen LogP contribution is 2.27. The molecule has 2 unspecified atom stereocenters. The number of nitrogens with one attached hydrogen (secondary N) is 1. The summed E-state index contributed by atoms with van der Waals surface area (Å²) in [4.78, 5) is 0.322. The fourth-order valence-corrected chi connectivity index (χ4v) is 4.85. The van der Waals surface area contributed by atoms with Gasteiger partial charge in [-0.3, -0.25) is 0 Å². The van der Waals surface area contributed by atoms with Crippen LogP contribution in [0.3, 0.4) is 0 Å². The van der Waals surface area contributed by atoms with Crippen LogP contribution in [0.5, 0.6) is 0 Å². The van der Waals surface area contributed by atoms with Gasteiger partial charge in [0, 0.05) is 25.2 Å². The summed E-state index contributed by atoms with van der Waals surface area (Å²) in [5, 5.41) is 3.50. The SMILES string of the molecule is Cc1cc(S(=O)(=O)N2CCC3CCC(C2)N3)c(C)o1. The van der Waals surface area contributed by atoms with Gasteiger partial charge in [0.15, 0.2) is 0 Å². The van der Waals surface area contributed by atoms with Crippen LogP contribution < -0.4 is 5.32 Å². The molecule has 106 valence electrons. The van der Waals surface area contributed by atoms with E-state index in [0.717, 1.165) is 12.8 Å². The second-order valence-corrected chi connectivity index (χ2v) is 7.47. The highest BCUT2D eigenvalue weighted by atomic mass is 32.2. The molecule has 0 spiro atoms. The Labute approximate surface area is 114 Å². The summed E-state index contributed by atoms with van der Waals surface area (Å²) in [5.41, 5.74) is 0. The van der Waals surface area contributed by atoms with Gasteiger partial charge in [0.25, 0.3) is 0 Å². The average Bonchev–Trinajstić information content (AvgIpc) is 2.81. The predicted octanol–water partition coefficient (Wildman–Crippen LogP) is 1.41. The lowest BCUT2D eigenvalue weighted by Crippen LogP contribution is -2.39. The molecule has 3 rings (SSSR count). The third-order valence-corrected chi connectivity index (χ3v) is 6.07. The van der Waals surface area contributed by atoms with Gasteiger partial charge in [0.2, 0.25) is 10.0 Å². The normalized spacial score (nSPS) is 28.5. The van der Waals surface area contributed by atoms with Gasteiger partial charge in [-0.2, -0.15) is 4.31 Å². The van der Waals surface area contributed by atoms with Gasteiger partial charge in [-0.25, -0.2) is 8.42 Å². The van der Waals surface area contributed by atoms with Crippen molar-refractivity contribution in [2.45, 2.75) is 50.1 Å². The van der Waals surface area contributed by atoms with Gasteiger partial charge in [0.05, 0.1) is 0 Å². The van der Waals surface area contributed by atoms with Crippen molar-refractivity contribution in [3.05, 3.63) is 17.6 Å². The number of rotatable bonds is 2. The first-order valence-electron chi connectivity index (χ1n) is 6.80. The number of furan rings is 1. The topological polar surface area (TPSA) is 62.6 Å². The Morgan fingerprint density at radius 2 is 2.00 bits per heavy atom. The lowest BCUT2D eigenvalue weighted by atomic mass is 10.1. The Morgan fingerprint density at radius 1 is 1.26 bits per heavy atom. The maximum Gasteiger partial charge on any atom is 0.246 e. The largest absolute Gasteiger partial charge is 0.465 e. The molecule has 2 atom stereocenters. The molecule has 0 aliphatic carbocycles. The van der Waals surface area contributed by atoms with Crippen molar-refractivity contribution in [3.8, 4) is 0 Å². The Bertz CT molecular complexity index is 579. The van der Waals surface area contributed by atoms with Crippen molar-refractivity contribution in [3.63, 3.8) is 0 Å². The van der Waals surface area contributed by atoms with E-state index in [1.54, 1.807) is 24.2 Å². The zero-order valence-corrected chi connectivity index (χ0v) is 12.2. The smallest absolute Gasteiger partial charge is 0.246 e. The highest BCUT2D eigenvalue weighted by molar-refractivity contribution is 7.89. The van der Waals surface area contributed by atoms with Gasteiger partial charge in [-0.1, -0.05) is 0 Å². The van der Waals surface area contributed by atoms with E-state index < -0.39 is 10.0 Å². The predicted molar refractivity (Wildman–Crippen MR) is 71.5 cm³/mol. The van der Waals surface area contributed by atoms with Crippen LogP contribution in [0.15, 0.2) is 15.4 Å². The molecule has 2 saturated heterocycles. The number of hydrogen-bond acceptors (Lipinski definition) is 4. The molecule has 0 amide bonds. The van der Waals surface area contributed by atoms with Crippen LogP contribution in [0.2, 0.25) is 0 Å². The van der Waals surface area contributed by atoms with Gasteiger partial charge in [0.1, 0.15) is 16.4 Å². The maximum absolute atomic E-state index is 12.7. The van der Waals surface area contributed by atoms with Gasteiger partial charge in [-0.05, 0) is 39.2 Å². The van der Waals surface area contributed by atoms with Crippen LogP contribution in [-0.4, -0.2) is 37.9 Å². The van der Waals surface area contributed by atoms with E-state index in [4.69, 9.17) is 4.42 Å². The van der Waals surface area contributed by atoms with Crippen LogP contribution in [-0.2, 0) is 10.0 Å². The fourth-order valence-electron chi connectivity index (χ4n) is 3.13. The van der Waals surface area contributed by atoms with Crippen molar-refractivity contribution in [2.24, 2.45) is 0 Å². The average molecular weight is 284 g/mol. The number of hydrogen-bond donors (Lipinski definition) is 1. The number of nitrogens with zero attached hydrogens (tertiary/aromatic N) is 1. The van der Waals surface area contributed by atoms with Crippen molar-refractivity contribution in [2.75, 3.05) is 13.1 Å². The van der Waals surface area contributed by atoms with Gasteiger partial charge >= 0.3 is 0 Å². The van der Waals surface area contributed by atoms with E-state index >= 15 is 0 Å². The molecule has 6 heteroatoms. The Balaban J connectivity index is 1.90. The first-order valence-corrected chi connectivity index (χ1v) is 8.24. The standard InChI is InChI=1S/C13H20N2O3S/c1-9-7-13(10(2)18-9)19(16,17)15-6-5-11-3-4-12(8-15)14-11/h7,11-12,14H,3-6,8H2,1-2H3. The van der Waals surface area contributed by atoms with E-state index in [1.165, 1.54) is 6.42 Å². The maximum atomic E-state index is 12.7. The molecule has 1 aromatic heterocycles. The van der Waals surface area contributed by atoms with E-state index in [-0.39, 0.29) is 0 Å². The molecule has 0 aromatic carbocycles. The summed E-state index contributed by atoms with van der Waals surface area (Å²) < 4.78 is 32.4. The van der Waals surface area contributed by atoms with Gasteiger partial charge in [-0.15, -0.1) is 0 Å². The van der Waals surface area contributed by atoms with Crippen molar-refractivity contribution in [1.29, 1.82) is 0 Å². The number of sulfonamides is 1. The van der Waals surface area contributed by atoms with Crippen LogP contribution in [0.25, 0.3) is 0 Å². The molecule has 1 N–H and O–H groups in total. The fraction of sp³-hybridized carbons (Fsp3) is 0.692. The molecule has 19 heavy (non-hydrogen) atoms. The zero-order chi connectivity index (χ0) is 13.6. The van der Waals surface area contributed by atoms with Crippen LogP contribution in [0, 0.1) is 13.8 Å². The molecule has 0 radical (unpaired) electrons. The Hall–Kier alpha value is -0.850. The van der Waals surface area contributed by atoms with Crippen LogP contribution in [0.1, 0.15) is 30.8 Å². The number of aryl methyl sites for hydroxylation is 2. The molecule has 5 nitrogen and oxygen atoms in total. The minimum absolute atomic E-state index is 0.301. The van der Waals surface area contributed by atoms with Gasteiger partial charge < -0.3 is 9.73 Å². The molecular formula is C13H20N2O3S. The summed E-state index contributed by atoms with van der Waals surface area (Å²) >= 11 is 0. The second-order valence-electron chi connectivity index (χ2n) is 5.57. The highest BCUT2D eigenvalue weighted by Gasteiger charge is 2.36. The third kappa shape index (κ3) is 2.32. The summed E-state index contributed by atoms with van der Waals surface area (Å²) in [5.74, 6) is 1.13. The quantitative estimate of drug-likeness (QED) is 0.892. The minimum Gasteiger partial charge on any atom is -0.465 e. The molecule has 3 heterocycles. The van der Waals surface area contributed by atoms with Crippen molar-refractivity contribution < 1.29 is 12.8 Å². The second kappa shape index (κ2) is 4.61. The summed E-state index contributed by atoms with van der Waals surface area (Å²) in [6.45, 7) is 4.66. The van der Waals surface area contributed by atoms with E-state index in [0.29, 0.717) is 41.6 Å². The van der Waals surface area contributed by atoms with E-state index in [2.05, 4.69) is 5.32 Å². The van der Waals surface area contributed by atoms with E-state index in [9.17, 15) is 8.42 Å². The summed E-state index contributed by atoms with van der Waals surface area (Å²) in [6, 6.07) is 2.41. The number of fused-ring (bicyclic) bond motifs is 2. The first-order chi connectivity index (χ1) is 8.96. The minimum atomic E-state index is -3.42. The molecule has 1 aromatic rings. The Morgan fingerprint density at radius 3 is 2.68 bits per heavy atom. The summed E-state index contributed by atoms with van der Waals surface area (Å²) in [7, 11) is -3.42. The summed E-state index contributed by atoms with van der Waals surface area (Å²) in [6.07, 6.45) is 3.13. The first kappa shape index (κ1) is 13.1. The molecule has 2 fully saturated rings. The van der Waals surface area contributed by atoms with Crippen molar-refractivity contribution in [1.82, 2.24) is 9.62 Å². The van der Waals surface area contributed by atoms with Crippen molar-refractivity contribution >= 4 is 10.0 Å². The third-order valence-electron chi connectivity index (χ3n) is 4.10. The van der Waals surface area contributed by atoms with E-state index in [1.807, 2.05) is 0 Å². The van der Waals surface area contributed by atoms with Crippen LogP contribution in [0.4, 0.5) is 0 Å². The lowest BCUT2D eigenvalue weighted by molar-refractivity contribution is 0.382. The molecule has 0 saturated carbocycles. The lowest BCUT2D eigenvalue weighted by Gasteiger charge is -2.23. The molecule has 2 bridgehead atoms. The molecule has 2 aliphatic heterocycles. The molecular weight excluding hydrogens is 264 g/mol.